The molecule has 0 aromatic carbocycles. The van der Waals surface area contributed by atoms with Gasteiger partial charge in [-0.1, -0.05) is 19.9 Å². The Kier molecular flexibility index (Phi) is 5.64. The van der Waals surface area contributed by atoms with Gasteiger partial charge in [0.2, 0.25) is 0 Å². The number of halogens is 3. The number of allylic oxidation sites excluding steroid dienone is 1. The van der Waals surface area contributed by atoms with Gasteiger partial charge in [-0.2, -0.15) is 23.5 Å². The topological polar surface area (TPSA) is 90.9 Å². The van der Waals surface area contributed by atoms with Crippen molar-refractivity contribution in [2.24, 2.45) is 28.6 Å². The molecule has 0 saturated heterocycles. The number of hydrogen-bond acceptors (Lipinski definition) is 4. The van der Waals surface area contributed by atoms with E-state index in [4.69, 9.17) is 5.26 Å². The summed E-state index contributed by atoms with van der Waals surface area (Å²) in [6.45, 7) is 3.61. The number of aliphatic hydroxyl groups is 1. The largest absolute Gasteiger partial charge is 0.434 e. The van der Waals surface area contributed by atoms with E-state index in [9.17, 15) is 23.1 Å². The lowest BCUT2D eigenvalue weighted by atomic mass is 9.48. The van der Waals surface area contributed by atoms with Crippen LogP contribution in [0.3, 0.4) is 0 Å². The average molecular weight is 451 g/mol. The predicted molar refractivity (Wildman–Crippen MR) is 111 cm³/mol. The maximum atomic E-state index is 13.9. The Balaban J connectivity index is 1.56. The van der Waals surface area contributed by atoms with Crippen molar-refractivity contribution in [3.05, 3.63) is 23.5 Å². The van der Waals surface area contributed by atoms with E-state index >= 15 is 0 Å². The molecule has 4 fully saturated rings. The maximum absolute atomic E-state index is 13.9. The van der Waals surface area contributed by atoms with Gasteiger partial charge in [-0.05, 0) is 60.7 Å². The van der Waals surface area contributed by atoms with Gasteiger partial charge in [-0.15, -0.1) is 0 Å². The van der Waals surface area contributed by atoms with Crippen molar-refractivity contribution in [3.63, 3.8) is 0 Å². The number of nitriles is 1. The zero-order chi connectivity index (χ0) is 23.3. The van der Waals surface area contributed by atoms with Crippen LogP contribution in [0.1, 0.15) is 68.4 Å². The quantitative estimate of drug-likeness (QED) is 0.679. The summed E-state index contributed by atoms with van der Waals surface area (Å²) in [6, 6.07) is 1.83. The highest BCUT2D eigenvalue weighted by Crippen LogP contribution is 2.59. The molecule has 1 heterocycles. The van der Waals surface area contributed by atoms with Crippen LogP contribution in [0.5, 0.6) is 0 Å². The minimum atomic E-state index is -4.77. The zero-order valence-electron chi connectivity index (χ0n) is 18.3. The molecule has 1 aromatic rings. The van der Waals surface area contributed by atoms with E-state index in [0.29, 0.717) is 10.6 Å². The highest BCUT2D eigenvalue weighted by atomic mass is 19.4. The van der Waals surface area contributed by atoms with Crippen molar-refractivity contribution >= 4 is 12.1 Å². The van der Waals surface area contributed by atoms with Crippen LogP contribution in [0.25, 0.3) is 6.20 Å². The monoisotopic (exact) mass is 450 g/mol. The minimum absolute atomic E-state index is 0.0826. The molecule has 1 amide bonds. The van der Waals surface area contributed by atoms with Crippen LogP contribution in [-0.4, -0.2) is 33.4 Å². The first-order chi connectivity index (χ1) is 15.0. The summed E-state index contributed by atoms with van der Waals surface area (Å²) in [5, 5.41) is 25.5. The number of nitrogens with one attached hydrogen (secondary N) is 1. The van der Waals surface area contributed by atoms with Crippen LogP contribution in [0.15, 0.2) is 12.3 Å². The minimum Gasteiger partial charge on any atom is -0.396 e. The van der Waals surface area contributed by atoms with E-state index in [1.165, 1.54) is 12.3 Å². The molecule has 5 rings (SSSR count). The molecule has 0 aliphatic heterocycles. The highest BCUT2D eigenvalue weighted by molar-refractivity contribution is 5.95. The van der Waals surface area contributed by atoms with Gasteiger partial charge in [0.15, 0.2) is 5.69 Å². The first kappa shape index (κ1) is 22.8. The van der Waals surface area contributed by atoms with E-state index in [-0.39, 0.29) is 36.3 Å². The van der Waals surface area contributed by atoms with Gasteiger partial charge in [0.05, 0.1) is 17.8 Å². The van der Waals surface area contributed by atoms with Gasteiger partial charge < -0.3 is 10.4 Å². The van der Waals surface area contributed by atoms with Crippen LogP contribution in [0, 0.1) is 39.9 Å². The molecule has 4 bridgehead atoms. The molecule has 9 heteroatoms. The summed E-state index contributed by atoms with van der Waals surface area (Å²) in [5.74, 6) is 0.147. The van der Waals surface area contributed by atoms with Crippen molar-refractivity contribution < 1.29 is 23.1 Å². The number of alkyl halides is 3. The third-order valence-corrected chi connectivity index (χ3v) is 7.54. The van der Waals surface area contributed by atoms with Gasteiger partial charge in [0, 0.05) is 25.3 Å². The summed E-state index contributed by atoms with van der Waals surface area (Å²) in [6.07, 6.45) is 3.53. The van der Waals surface area contributed by atoms with Crippen LogP contribution >= 0.6 is 0 Å². The van der Waals surface area contributed by atoms with Gasteiger partial charge >= 0.3 is 6.18 Å². The first-order valence-corrected chi connectivity index (χ1v) is 11.1. The Hall–Kier alpha value is -2.34. The van der Waals surface area contributed by atoms with Crippen molar-refractivity contribution in [2.45, 2.75) is 64.6 Å². The lowest BCUT2D eigenvalue weighted by Crippen LogP contribution is -2.60. The fraction of sp³-hybridized carbons (Fsp3) is 0.696. The summed E-state index contributed by atoms with van der Waals surface area (Å²) in [4.78, 5) is 13.0. The third-order valence-electron chi connectivity index (χ3n) is 7.54. The van der Waals surface area contributed by atoms with Crippen molar-refractivity contribution in [1.82, 2.24) is 15.1 Å². The number of aromatic nitrogens is 2. The number of hydrogen-bond donors (Lipinski definition) is 2. The molecule has 6 nitrogen and oxygen atoms in total. The number of aliphatic hydroxyl groups excluding tert-OH is 1. The molecule has 0 radical (unpaired) electrons. The molecule has 1 aromatic heterocycles. The zero-order valence-corrected chi connectivity index (χ0v) is 18.3. The van der Waals surface area contributed by atoms with Crippen molar-refractivity contribution in [3.8, 4) is 6.07 Å². The smallest absolute Gasteiger partial charge is 0.396 e. The molecule has 174 valence electrons. The van der Waals surface area contributed by atoms with Crippen LogP contribution in [0.4, 0.5) is 13.2 Å². The Morgan fingerprint density at radius 2 is 2.00 bits per heavy atom. The van der Waals surface area contributed by atoms with Crippen molar-refractivity contribution in [2.75, 3.05) is 6.61 Å². The first-order valence-electron chi connectivity index (χ1n) is 11.1. The fourth-order valence-corrected chi connectivity index (χ4v) is 6.31. The maximum Gasteiger partial charge on any atom is 0.434 e. The summed E-state index contributed by atoms with van der Waals surface area (Å²) in [7, 11) is 0. The SMILES string of the molecule is CC(C)(/C=C/n1ncc(C(=O)N[C@H]2C3CC4CC2C[C@](CO)(C4)C3)c1C(F)(F)F)CC#N. The lowest BCUT2D eigenvalue weighted by molar-refractivity contribution is -0.142. The summed E-state index contributed by atoms with van der Waals surface area (Å²) in [5.41, 5.74) is -2.32. The second-order valence-electron chi connectivity index (χ2n) is 10.6. The van der Waals surface area contributed by atoms with Gasteiger partial charge in [0.25, 0.3) is 5.91 Å². The van der Waals surface area contributed by atoms with E-state index in [1.54, 1.807) is 13.8 Å². The fourth-order valence-electron chi connectivity index (χ4n) is 6.31. The van der Waals surface area contributed by atoms with E-state index in [2.05, 4.69) is 10.4 Å². The molecule has 2 N–H and O–H groups in total. The molecular formula is C23H29F3N4O2. The highest BCUT2D eigenvalue weighted by Gasteiger charge is 2.55. The molecule has 4 saturated carbocycles. The normalized spacial score (nSPS) is 31.8. The number of amides is 1. The molecule has 4 aliphatic carbocycles. The molecule has 2 atom stereocenters. The molecule has 32 heavy (non-hydrogen) atoms. The number of rotatable bonds is 6. The number of carbonyl (C=O) groups excluding carboxylic acids is 1. The van der Waals surface area contributed by atoms with Crippen LogP contribution in [0.2, 0.25) is 0 Å². The van der Waals surface area contributed by atoms with Gasteiger partial charge in [0.1, 0.15) is 0 Å². The summed E-state index contributed by atoms with van der Waals surface area (Å²) < 4.78 is 42.3. The molecule has 0 spiro atoms. The van der Waals surface area contributed by atoms with Gasteiger partial charge in [-0.3, -0.25) is 4.79 Å². The Labute approximate surface area is 185 Å². The van der Waals surface area contributed by atoms with E-state index in [1.807, 2.05) is 6.07 Å². The standard InChI is InChI=1S/C23H29F3N4O2/c1-21(2,3-5-27)4-6-30-19(23(24,25)26)17(12-28-30)20(32)29-18-15-7-14-8-16(18)11-22(9-14,10-15)13-31/h4,6,12,14-16,18,31H,3,7-11,13H2,1-2H3,(H,29,32)/b6-4+/t14?,15?,16?,18-,22-. The van der Waals surface area contributed by atoms with Crippen LogP contribution in [-0.2, 0) is 6.18 Å². The molecular weight excluding hydrogens is 421 g/mol. The van der Waals surface area contributed by atoms with E-state index in [0.717, 1.165) is 38.3 Å². The molecule has 2 unspecified atom stereocenters. The second kappa shape index (κ2) is 7.91. The second-order valence-corrected chi connectivity index (χ2v) is 10.6. The predicted octanol–water partition coefficient (Wildman–Crippen LogP) is 4.23. The Morgan fingerprint density at radius 1 is 1.34 bits per heavy atom. The summed E-state index contributed by atoms with van der Waals surface area (Å²) >= 11 is 0. The molecule has 4 aliphatic rings. The Bertz CT molecular complexity index is 943. The third kappa shape index (κ3) is 4.17. The number of nitrogens with zero attached hydrogens (tertiary/aromatic N) is 3. The van der Waals surface area contributed by atoms with Crippen LogP contribution < -0.4 is 5.32 Å². The Morgan fingerprint density at radius 3 is 2.56 bits per heavy atom. The van der Waals surface area contributed by atoms with Crippen molar-refractivity contribution in [1.29, 1.82) is 5.26 Å². The number of carbonyl (C=O) groups is 1. The lowest BCUT2D eigenvalue weighted by Gasteiger charge is -2.59. The van der Waals surface area contributed by atoms with E-state index < -0.39 is 28.8 Å². The van der Waals surface area contributed by atoms with Gasteiger partial charge in [-0.25, -0.2) is 4.68 Å². The average Bonchev–Trinajstić information content (AvgIpc) is 3.13.